The van der Waals surface area contributed by atoms with Crippen LogP contribution in [0, 0.1) is 23.2 Å². The predicted molar refractivity (Wildman–Crippen MR) is 94.7 cm³/mol. The molecule has 0 N–H and O–H groups in total. The second-order valence-corrected chi connectivity index (χ2v) is 9.10. The molecule has 0 spiro atoms. The molecule has 4 saturated carbocycles. The number of ketones is 1. The lowest BCUT2D eigenvalue weighted by Crippen LogP contribution is -2.47. The van der Waals surface area contributed by atoms with Crippen molar-refractivity contribution in [1.29, 1.82) is 0 Å². The van der Waals surface area contributed by atoms with Gasteiger partial charge in [0.15, 0.2) is 12.4 Å². The highest BCUT2D eigenvalue weighted by Gasteiger charge is 2.51. The Morgan fingerprint density at radius 3 is 2.29 bits per heavy atom. The zero-order valence-corrected chi connectivity index (χ0v) is 15.4. The summed E-state index contributed by atoms with van der Waals surface area (Å²) in [6.07, 6.45) is 8.18. The molecule has 5 rings (SSSR count). The fourth-order valence-electron chi connectivity index (χ4n) is 5.76. The second kappa shape index (κ2) is 6.29. The van der Waals surface area contributed by atoms with Crippen LogP contribution in [0.25, 0.3) is 0 Å². The number of carbonyl (C=O) groups is 2. The number of Topliss-reactive ketones (excluding diaryl/α,β-unsaturated/α-hetero) is 1. The Labute approximate surface area is 151 Å². The van der Waals surface area contributed by atoms with E-state index in [-0.39, 0.29) is 23.8 Å². The van der Waals surface area contributed by atoms with E-state index in [1.54, 1.807) is 12.1 Å². The first-order valence-corrected chi connectivity index (χ1v) is 9.75. The maximum Gasteiger partial charge on any atom is 0.306 e. The van der Waals surface area contributed by atoms with Gasteiger partial charge in [0.2, 0.25) is 0 Å². The summed E-state index contributed by atoms with van der Waals surface area (Å²) in [5.74, 6) is 2.14. The molecule has 24 heavy (non-hydrogen) atoms. The fraction of sp³-hybridized carbons (Fsp3) is 0.600. The number of carbonyl (C=O) groups excluding carboxylic acids is 2. The van der Waals surface area contributed by atoms with Gasteiger partial charge in [-0.25, -0.2) is 0 Å². The molecule has 0 radical (unpaired) electrons. The van der Waals surface area contributed by atoms with Crippen molar-refractivity contribution >= 4 is 27.7 Å². The Hall–Kier alpha value is -1.16. The van der Waals surface area contributed by atoms with Crippen molar-refractivity contribution in [2.45, 2.75) is 44.9 Å². The van der Waals surface area contributed by atoms with E-state index in [0.29, 0.717) is 12.0 Å². The van der Waals surface area contributed by atoms with Crippen LogP contribution in [-0.2, 0) is 9.53 Å². The van der Waals surface area contributed by atoms with Crippen molar-refractivity contribution in [3.63, 3.8) is 0 Å². The third-order valence-corrected chi connectivity index (χ3v) is 6.69. The average Bonchev–Trinajstić information content (AvgIpc) is 2.50. The van der Waals surface area contributed by atoms with Crippen LogP contribution in [0.15, 0.2) is 28.7 Å². The molecule has 0 saturated heterocycles. The average molecular weight is 391 g/mol. The summed E-state index contributed by atoms with van der Waals surface area (Å²) in [6, 6.07) is 7.19. The van der Waals surface area contributed by atoms with Gasteiger partial charge in [0.25, 0.3) is 0 Å². The molecule has 128 valence electrons. The van der Waals surface area contributed by atoms with Gasteiger partial charge in [0.05, 0.1) is 6.42 Å². The summed E-state index contributed by atoms with van der Waals surface area (Å²) in [4.78, 5) is 24.5. The summed E-state index contributed by atoms with van der Waals surface area (Å²) in [5.41, 5.74) is 0.747. The predicted octanol–water partition coefficient (Wildman–Crippen LogP) is 4.78. The third kappa shape index (κ3) is 3.30. The molecule has 1 aromatic rings. The van der Waals surface area contributed by atoms with Crippen molar-refractivity contribution in [2.75, 3.05) is 6.61 Å². The zero-order valence-electron chi connectivity index (χ0n) is 13.8. The highest BCUT2D eigenvalue weighted by atomic mass is 79.9. The Bertz CT molecular complexity index is 631. The Morgan fingerprint density at radius 1 is 1.08 bits per heavy atom. The number of ether oxygens (including phenoxy) is 1. The first-order chi connectivity index (χ1) is 11.5. The molecule has 0 aromatic heterocycles. The van der Waals surface area contributed by atoms with Gasteiger partial charge in [-0.15, -0.1) is 0 Å². The lowest BCUT2D eigenvalue weighted by atomic mass is 9.49. The van der Waals surface area contributed by atoms with Gasteiger partial charge in [0, 0.05) is 10.0 Å². The van der Waals surface area contributed by atoms with Gasteiger partial charge in [-0.1, -0.05) is 28.1 Å². The van der Waals surface area contributed by atoms with Gasteiger partial charge in [0.1, 0.15) is 0 Å². The highest BCUT2D eigenvalue weighted by molar-refractivity contribution is 9.10. The molecule has 1 aromatic carbocycles. The van der Waals surface area contributed by atoms with E-state index in [1.165, 1.54) is 38.5 Å². The first-order valence-electron chi connectivity index (χ1n) is 8.96. The molecule has 0 heterocycles. The Balaban J connectivity index is 1.33. The number of benzene rings is 1. The van der Waals surface area contributed by atoms with Crippen LogP contribution in [0.2, 0.25) is 0 Å². The molecule has 0 aliphatic heterocycles. The maximum absolute atomic E-state index is 12.3. The molecular formula is C20H23BrO3. The Morgan fingerprint density at radius 2 is 1.71 bits per heavy atom. The number of hydrogen-bond donors (Lipinski definition) is 0. The van der Waals surface area contributed by atoms with Crippen LogP contribution in [0.3, 0.4) is 0 Å². The SMILES string of the molecule is O=C(CC12CC3CC(CC(C3)C1)C2)OCC(=O)c1cccc(Br)c1. The van der Waals surface area contributed by atoms with Gasteiger partial charge in [-0.3, -0.25) is 9.59 Å². The standard InChI is InChI=1S/C20H23BrO3/c21-17-3-1-2-16(7-17)18(22)12-24-19(23)11-20-8-13-4-14(9-20)6-15(5-13)10-20/h1-3,7,13-15H,4-6,8-12H2. The molecule has 4 aliphatic carbocycles. The van der Waals surface area contributed by atoms with E-state index in [0.717, 1.165) is 22.2 Å². The van der Waals surface area contributed by atoms with E-state index in [9.17, 15) is 9.59 Å². The second-order valence-electron chi connectivity index (χ2n) is 8.19. The smallest absolute Gasteiger partial charge is 0.306 e. The number of halogens is 1. The van der Waals surface area contributed by atoms with Crippen LogP contribution in [-0.4, -0.2) is 18.4 Å². The molecule has 0 unspecified atom stereocenters. The quantitative estimate of drug-likeness (QED) is 0.536. The minimum Gasteiger partial charge on any atom is -0.457 e. The normalized spacial score (nSPS) is 33.5. The molecule has 4 heteroatoms. The van der Waals surface area contributed by atoms with Crippen LogP contribution >= 0.6 is 15.9 Å². The van der Waals surface area contributed by atoms with Crippen LogP contribution in [0.5, 0.6) is 0 Å². The number of hydrogen-bond acceptors (Lipinski definition) is 3. The van der Waals surface area contributed by atoms with Gasteiger partial charge < -0.3 is 4.74 Å². The van der Waals surface area contributed by atoms with Gasteiger partial charge >= 0.3 is 5.97 Å². The molecule has 0 amide bonds. The molecule has 4 fully saturated rings. The van der Waals surface area contributed by atoms with Gasteiger partial charge in [-0.2, -0.15) is 0 Å². The minimum absolute atomic E-state index is 0.143. The summed E-state index contributed by atoms with van der Waals surface area (Å²) in [5, 5.41) is 0. The largest absolute Gasteiger partial charge is 0.457 e. The summed E-state index contributed by atoms with van der Waals surface area (Å²) in [7, 11) is 0. The van der Waals surface area contributed by atoms with Gasteiger partial charge in [-0.05, 0) is 73.8 Å². The maximum atomic E-state index is 12.3. The molecule has 4 aliphatic rings. The van der Waals surface area contributed by atoms with Crippen molar-refractivity contribution in [3.05, 3.63) is 34.3 Å². The monoisotopic (exact) mass is 390 g/mol. The summed E-state index contributed by atoms with van der Waals surface area (Å²) in [6.45, 7) is -0.151. The van der Waals surface area contributed by atoms with E-state index in [1.807, 2.05) is 12.1 Å². The zero-order chi connectivity index (χ0) is 16.7. The topological polar surface area (TPSA) is 43.4 Å². The summed E-state index contributed by atoms with van der Waals surface area (Å²) >= 11 is 3.35. The molecule has 3 nitrogen and oxygen atoms in total. The summed E-state index contributed by atoms with van der Waals surface area (Å²) < 4.78 is 6.19. The molecule has 4 bridgehead atoms. The van der Waals surface area contributed by atoms with Crippen molar-refractivity contribution in [1.82, 2.24) is 0 Å². The molecular weight excluding hydrogens is 368 g/mol. The fourth-order valence-corrected chi connectivity index (χ4v) is 6.15. The van der Waals surface area contributed by atoms with Crippen LogP contribution in [0.4, 0.5) is 0 Å². The Kier molecular flexibility index (Phi) is 4.27. The third-order valence-electron chi connectivity index (χ3n) is 6.20. The van der Waals surface area contributed by atoms with Crippen molar-refractivity contribution in [2.24, 2.45) is 23.2 Å². The van der Waals surface area contributed by atoms with E-state index < -0.39 is 0 Å². The van der Waals surface area contributed by atoms with E-state index >= 15 is 0 Å². The van der Waals surface area contributed by atoms with Crippen LogP contribution in [0.1, 0.15) is 55.3 Å². The highest BCUT2D eigenvalue weighted by Crippen LogP contribution is 2.61. The lowest BCUT2D eigenvalue weighted by molar-refractivity contribution is -0.150. The van der Waals surface area contributed by atoms with E-state index in [2.05, 4.69) is 15.9 Å². The van der Waals surface area contributed by atoms with Crippen molar-refractivity contribution in [3.8, 4) is 0 Å². The first kappa shape index (κ1) is 16.3. The number of rotatable bonds is 5. The van der Waals surface area contributed by atoms with Crippen LogP contribution < -0.4 is 0 Å². The molecule has 0 atom stereocenters. The van der Waals surface area contributed by atoms with Crippen molar-refractivity contribution < 1.29 is 14.3 Å². The number of esters is 1. The lowest BCUT2D eigenvalue weighted by Gasteiger charge is -2.56. The van der Waals surface area contributed by atoms with E-state index in [4.69, 9.17) is 4.74 Å². The minimum atomic E-state index is -0.194.